The number of rotatable bonds is 6. The van der Waals surface area contributed by atoms with Gasteiger partial charge in [0.25, 0.3) is 0 Å². The van der Waals surface area contributed by atoms with Gasteiger partial charge in [0.2, 0.25) is 11.8 Å². The number of carbonyl (C=O) groups is 1. The lowest BCUT2D eigenvalue weighted by Gasteiger charge is -2.20. The molecular formula is C21H22BrClN6O2. The van der Waals surface area contributed by atoms with Crippen LogP contribution in [0.25, 0.3) is 11.0 Å². The Kier molecular flexibility index (Phi) is 5.81. The van der Waals surface area contributed by atoms with Gasteiger partial charge in [-0.2, -0.15) is 0 Å². The third-order valence-electron chi connectivity index (χ3n) is 5.62. The maximum Gasteiger partial charge on any atom is 0.223 e. The number of nitrogens with zero attached hydrogens (tertiary/aromatic N) is 5. The van der Waals surface area contributed by atoms with Gasteiger partial charge in [-0.05, 0) is 52.9 Å². The van der Waals surface area contributed by atoms with E-state index in [0.717, 1.165) is 34.2 Å². The third kappa shape index (κ3) is 4.68. The standard InChI is InChI=1S/C21H22BrClN6O2/c22-19-17(4-3-16-20(19)26-27-29(16)11-13-1-2-13)31-21-14(9-15(23)10-25-21)12-28-7-5-18(30)24-6-8-28/h3-4,9-10,13H,1-2,5-8,11-12H2,(H,24,30). The number of benzene rings is 1. The molecule has 1 aliphatic heterocycles. The maximum absolute atomic E-state index is 11.6. The summed E-state index contributed by atoms with van der Waals surface area (Å²) in [5, 5.41) is 12.1. The number of aromatic nitrogens is 4. The Hall–Kier alpha value is -2.23. The third-order valence-corrected chi connectivity index (χ3v) is 6.59. The van der Waals surface area contributed by atoms with Crippen molar-refractivity contribution in [3.63, 3.8) is 0 Å². The molecule has 162 valence electrons. The molecule has 3 aromatic rings. The lowest BCUT2D eigenvalue weighted by Crippen LogP contribution is -2.28. The number of amides is 1. The molecule has 1 saturated heterocycles. The van der Waals surface area contributed by atoms with E-state index in [4.69, 9.17) is 16.3 Å². The second-order valence-electron chi connectivity index (χ2n) is 8.06. The van der Waals surface area contributed by atoms with E-state index in [0.29, 0.717) is 48.6 Å². The minimum absolute atomic E-state index is 0.0788. The van der Waals surface area contributed by atoms with Crippen molar-refractivity contribution in [1.29, 1.82) is 0 Å². The van der Waals surface area contributed by atoms with Gasteiger partial charge < -0.3 is 10.1 Å². The van der Waals surface area contributed by atoms with Crippen molar-refractivity contribution in [3.05, 3.63) is 39.5 Å². The highest BCUT2D eigenvalue weighted by molar-refractivity contribution is 9.10. The first kappa shape index (κ1) is 20.7. The molecule has 1 N–H and O–H groups in total. The molecule has 0 bridgehead atoms. The van der Waals surface area contributed by atoms with Crippen LogP contribution in [0.15, 0.2) is 28.9 Å². The van der Waals surface area contributed by atoms with E-state index in [-0.39, 0.29) is 5.91 Å². The van der Waals surface area contributed by atoms with Gasteiger partial charge >= 0.3 is 0 Å². The van der Waals surface area contributed by atoms with Crippen LogP contribution in [0.3, 0.4) is 0 Å². The average Bonchev–Trinajstić information content (AvgIpc) is 3.51. The molecule has 0 radical (unpaired) electrons. The Labute approximate surface area is 193 Å². The van der Waals surface area contributed by atoms with Crippen molar-refractivity contribution < 1.29 is 9.53 Å². The van der Waals surface area contributed by atoms with E-state index >= 15 is 0 Å². The molecule has 0 spiro atoms. The van der Waals surface area contributed by atoms with Crippen LogP contribution in [0.4, 0.5) is 0 Å². The maximum atomic E-state index is 11.6. The van der Waals surface area contributed by atoms with E-state index in [1.807, 2.05) is 22.9 Å². The average molecular weight is 506 g/mol. The summed E-state index contributed by atoms with van der Waals surface area (Å²) in [7, 11) is 0. The van der Waals surface area contributed by atoms with Gasteiger partial charge in [-0.15, -0.1) is 5.10 Å². The topological polar surface area (TPSA) is 85.2 Å². The summed E-state index contributed by atoms with van der Waals surface area (Å²) in [5.41, 5.74) is 2.62. The van der Waals surface area contributed by atoms with Crippen LogP contribution in [0, 0.1) is 5.92 Å². The summed E-state index contributed by atoms with van der Waals surface area (Å²) in [6.45, 7) is 3.56. The monoisotopic (exact) mass is 504 g/mol. The van der Waals surface area contributed by atoms with Crippen LogP contribution in [0.2, 0.25) is 5.02 Å². The lowest BCUT2D eigenvalue weighted by molar-refractivity contribution is -0.120. The second-order valence-corrected chi connectivity index (χ2v) is 9.29. The fourth-order valence-electron chi connectivity index (χ4n) is 3.74. The summed E-state index contributed by atoms with van der Waals surface area (Å²) in [6, 6.07) is 5.76. The molecule has 2 aliphatic rings. The van der Waals surface area contributed by atoms with Crippen molar-refractivity contribution in [2.24, 2.45) is 5.92 Å². The molecule has 10 heteroatoms. The quantitative estimate of drug-likeness (QED) is 0.549. The first-order valence-corrected chi connectivity index (χ1v) is 11.6. The summed E-state index contributed by atoms with van der Waals surface area (Å²) in [6.07, 6.45) is 4.57. The molecule has 1 amide bonds. The zero-order valence-electron chi connectivity index (χ0n) is 16.9. The van der Waals surface area contributed by atoms with E-state index in [1.54, 1.807) is 6.20 Å². The number of carbonyl (C=O) groups excluding carboxylic acids is 1. The Morgan fingerprint density at radius 3 is 3.00 bits per heavy atom. The van der Waals surface area contributed by atoms with Gasteiger partial charge in [0.1, 0.15) is 11.3 Å². The lowest BCUT2D eigenvalue weighted by atomic mass is 10.2. The van der Waals surface area contributed by atoms with Crippen molar-refractivity contribution in [1.82, 2.24) is 30.2 Å². The second kappa shape index (κ2) is 8.72. The summed E-state index contributed by atoms with van der Waals surface area (Å²) >= 11 is 9.86. The number of nitrogens with one attached hydrogen (secondary N) is 1. The SMILES string of the molecule is O=C1CCN(Cc2cc(Cl)cnc2Oc2ccc3c(nnn3CC3CC3)c2Br)CCN1. The Balaban J connectivity index is 1.39. The van der Waals surface area contributed by atoms with Gasteiger partial charge in [-0.25, -0.2) is 9.67 Å². The number of halogens is 2. The van der Waals surface area contributed by atoms with Gasteiger partial charge in [-0.3, -0.25) is 9.69 Å². The van der Waals surface area contributed by atoms with Gasteiger partial charge in [0.05, 0.1) is 15.0 Å². The molecule has 5 rings (SSSR count). The van der Waals surface area contributed by atoms with E-state index in [2.05, 4.69) is 41.4 Å². The molecule has 1 saturated carbocycles. The van der Waals surface area contributed by atoms with Crippen LogP contribution in [-0.4, -0.2) is 50.4 Å². The normalized spacial score (nSPS) is 17.5. The predicted molar refractivity (Wildman–Crippen MR) is 120 cm³/mol. The molecule has 1 aliphatic carbocycles. The van der Waals surface area contributed by atoms with Crippen molar-refractivity contribution in [3.8, 4) is 11.6 Å². The van der Waals surface area contributed by atoms with Gasteiger partial charge in [-0.1, -0.05) is 16.8 Å². The highest BCUT2D eigenvalue weighted by atomic mass is 79.9. The van der Waals surface area contributed by atoms with E-state index < -0.39 is 0 Å². The number of pyridine rings is 1. The summed E-state index contributed by atoms with van der Waals surface area (Å²) < 4.78 is 8.91. The van der Waals surface area contributed by atoms with Crippen molar-refractivity contribution in [2.75, 3.05) is 19.6 Å². The molecule has 0 atom stereocenters. The minimum atomic E-state index is 0.0788. The zero-order valence-corrected chi connectivity index (χ0v) is 19.2. The minimum Gasteiger partial charge on any atom is -0.437 e. The fourth-order valence-corrected chi connectivity index (χ4v) is 4.41. The first-order chi connectivity index (χ1) is 15.1. The first-order valence-electron chi connectivity index (χ1n) is 10.4. The molecule has 8 nitrogen and oxygen atoms in total. The highest BCUT2D eigenvalue weighted by Crippen LogP contribution is 2.37. The van der Waals surface area contributed by atoms with Gasteiger partial charge in [0.15, 0.2) is 0 Å². The molecule has 3 heterocycles. The number of hydrogen-bond donors (Lipinski definition) is 1. The number of hydrogen-bond acceptors (Lipinski definition) is 6. The molecule has 0 unspecified atom stereocenters. The Morgan fingerprint density at radius 2 is 2.16 bits per heavy atom. The molecule has 2 aromatic heterocycles. The smallest absolute Gasteiger partial charge is 0.223 e. The largest absolute Gasteiger partial charge is 0.437 e. The Bertz CT molecular complexity index is 1130. The van der Waals surface area contributed by atoms with E-state index in [1.165, 1.54) is 12.8 Å². The summed E-state index contributed by atoms with van der Waals surface area (Å²) in [4.78, 5) is 18.3. The summed E-state index contributed by atoms with van der Waals surface area (Å²) in [5.74, 6) is 1.90. The molecular weight excluding hydrogens is 484 g/mol. The number of ether oxygens (including phenoxy) is 1. The van der Waals surface area contributed by atoms with Gasteiger partial charge in [0, 0.05) is 50.9 Å². The molecule has 1 aromatic carbocycles. The van der Waals surface area contributed by atoms with E-state index in [9.17, 15) is 4.79 Å². The zero-order chi connectivity index (χ0) is 21.4. The van der Waals surface area contributed by atoms with Crippen LogP contribution >= 0.6 is 27.5 Å². The number of fused-ring (bicyclic) bond motifs is 1. The Morgan fingerprint density at radius 1 is 1.29 bits per heavy atom. The highest BCUT2D eigenvalue weighted by Gasteiger charge is 2.24. The molecule has 2 fully saturated rings. The van der Waals surface area contributed by atoms with Crippen molar-refractivity contribution in [2.45, 2.75) is 32.4 Å². The van der Waals surface area contributed by atoms with Crippen molar-refractivity contribution >= 4 is 44.5 Å². The van der Waals surface area contributed by atoms with Crippen LogP contribution in [0.1, 0.15) is 24.8 Å². The van der Waals surface area contributed by atoms with Crippen LogP contribution < -0.4 is 10.1 Å². The predicted octanol–water partition coefficient (Wildman–Crippen LogP) is 3.77. The molecule has 31 heavy (non-hydrogen) atoms. The van der Waals surface area contributed by atoms with Crippen LogP contribution in [0.5, 0.6) is 11.6 Å². The van der Waals surface area contributed by atoms with Crippen LogP contribution in [-0.2, 0) is 17.9 Å². The fraction of sp³-hybridized carbons (Fsp3) is 0.429.